The molecule has 5 aliphatic rings. The predicted molar refractivity (Wildman–Crippen MR) is 233 cm³/mol. The molecule has 2 aromatic rings. The normalized spacial score (nSPS) is 19.5. The van der Waals surface area contributed by atoms with Gasteiger partial charge < -0.3 is 4.90 Å². The van der Waals surface area contributed by atoms with Crippen molar-refractivity contribution >= 4 is 34.2 Å². The van der Waals surface area contributed by atoms with Crippen molar-refractivity contribution in [1.82, 2.24) is 14.9 Å². The topological polar surface area (TPSA) is 41.4 Å². The van der Waals surface area contributed by atoms with Crippen LogP contribution in [0.2, 0.25) is 0 Å². The molecule has 0 amide bonds. The lowest BCUT2D eigenvalue weighted by atomic mass is 9.95. The van der Waals surface area contributed by atoms with E-state index in [1.54, 1.807) is 6.08 Å². The maximum absolute atomic E-state index is 5.75. The minimum Gasteiger partial charge on any atom is -0.336 e. The number of benzene rings is 1. The van der Waals surface area contributed by atoms with Crippen molar-refractivity contribution in [1.29, 1.82) is 0 Å². The van der Waals surface area contributed by atoms with Crippen LogP contribution in [-0.4, -0.2) is 27.6 Å². The number of para-hydroxylation sites is 1. The molecular weight excluding hydrogens is 669 g/mol. The van der Waals surface area contributed by atoms with Crippen molar-refractivity contribution in [3.8, 4) is 12.3 Å². The Balaban J connectivity index is 1.34. The van der Waals surface area contributed by atoms with Gasteiger partial charge in [0.1, 0.15) is 0 Å². The van der Waals surface area contributed by atoms with E-state index in [1.165, 1.54) is 22.3 Å². The Morgan fingerprint density at radius 1 is 0.982 bits per heavy atom. The van der Waals surface area contributed by atoms with E-state index in [1.807, 2.05) is 50.4 Å². The van der Waals surface area contributed by atoms with E-state index < -0.39 is 0 Å². The Morgan fingerprint density at radius 2 is 1.89 bits per heavy atom. The number of aryl methyl sites for hydroxylation is 1. The second-order valence-corrected chi connectivity index (χ2v) is 13.5. The van der Waals surface area contributed by atoms with Crippen molar-refractivity contribution in [2.75, 3.05) is 6.54 Å². The molecule has 0 radical (unpaired) electrons. The van der Waals surface area contributed by atoms with Gasteiger partial charge >= 0.3 is 0 Å². The third kappa shape index (κ3) is 8.09. The maximum Gasteiger partial charge on any atom is 0.160 e. The summed E-state index contributed by atoms with van der Waals surface area (Å²) in [6.45, 7) is 8.94. The highest BCUT2D eigenvalue weighted by molar-refractivity contribution is 5.87. The average Bonchev–Trinajstić information content (AvgIpc) is 3.40. The van der Waals surface area contributed by atoms with E-state index in [9.17, 15) is 0 Å². The first-order valence-corrected chi connectivity index (χ1v) is 18.9. The number of aromatic nitrogens is 2. The SMILES string of the molecule is C#C/C=C\C(=C1\C=CC=CC1)c1cc(C2=CC=C(N3C/C(=C\C=C/C)C(C=C)=C3/C=C\C)C=C=C2)nc(C2=CC=C(c3cccc4c3N=CCC4)CC=C2)n1. The number of terminal acetylenes is 1. The smallest absolute Gasteiger partial charge is 0.160 e. The lowest BCUT2D eigenvalue weighted by molar-refractivity contribution is 0.518. The first kappa shape index (κ1) is 36.6. The molecule has 268 valence electrons. The second-order valence-electron chi connectivity index (χ2n) is 13.5. The zero-order chi connectivity index (χ0) is 38.0. The van der Waals surface area contributed by atoms with Crippen LogP contribution in [-0.2, 0) is 6.42 Å². The Labute approximate surface area is 325 Å². The Kier molecular flexibility index (Phi) is 11.5. The van der Waals surface area contributed by atoms with E-state index in [0.29, 0.717) is 5.82 Å². The van der Waals surface area contributed by atoms with Crippen LogP contribution in [0.25, 0.3) is 22.3 Å². The van der Waals surface area contributed by atoms with Gasteiger partial charge in [0.15, 0.2) is 5.82 Å². The molecule has 0 unspecified atom stereocenters. The molecule has 1 aromatic heterocycles. The van der Waals surface area contributed by atoms with E-state index in [0.717, 1.165) is 88.6 Å². The fourth-order valence-electron chi connectivity index (χ4n) is 7.24. The highest BCUT2D eigenvalue weighted by atomic mass is 15.2. The predicted octanol–water partition coefficient (Wildman–Crippen LogP) is 11.8. The summed E-state index contributed by atoms with van der Waals surface area (Å²) in [6.07, 6.45) is 52.9. The van der Waals surface area contributed by atoms with Gasteiger partial charge in [0.25, 0.3) is 0 Å². The van der Waals surface area contributed by atoms with Crippen molar-refractivity contribution in [2.45, 2.75) is 39.5 Å². The van der Waals surface area contributed by atoms with Crippen LogP contribution >= 0.6 is 0 Å². The first-order chi connectivity index (χ1) is 27.1. The summed E-state index contributed by atoms with van der Waals surface area (Å²) in [6, 6.07) is 8.57. The monoisotopic (exact) mass is 712 g/mol. The zero-order valence-electron chi connectivity index (χ0n) is 31.5. The number of fused-ring (bicyclic) bond motifs is 1. The Bertz CT molecular complexity index is 2470. The minimum absolute atomic E-state index is 0.635. The lowest BCUT2D eigenvalue weighted by Gasteiger charge is -2.21. The number of rotatable bonds is 9. The van der Waals surface area contributed by atoms with Crippen molar-refractivity contribution in [3.63, 3.8) is 0 Å². The van der Waals surface area contributed by atoms with E-state index in [4.69, 9.17) is 21.4 Å². The molecule has 55 heavy (non-hydrogen) atoms. The molecule has 0 bridgehead atoms. The lowest BCUT2D eigenvalue weighted by Crippen LogP contribution is -2.17. The summed E-state index contributed by atoms with van der Waals surface area (Å²) in [5.41, 5.74) is 18.2. The van der Waals surface area contributed by atoms with Crippen LogP contribution < -0.4 is 0 Å². The Hall–Kier alpha value is -6.79. The summed E-state index contributed by atoms with van der Waals surface area (Å²) in [5, 5.41) is 0. The minimum atomic E-state index is 0.635. The molecule has 1 aromatic carbocycles. The molecule has 0 N–H and O–H groups in total. The molecule has 0 saturated carbocycles. The molecule has 0 atom stereocenters. The van der Waals surface area contributed by atoms with Gasteiger partial charge in [0.05, 0.1) is 17.1 Å². The summed E-state index contributed by atoms with van der Waals surface area (Å²) < 4.78 is 0. The number of hydrogen-bond donors (Lipinski definition) is 0. The van der Waals surface area contributed by atoms with Gasteiger partial charge in [0, 0.05) is 58.1 Å². The molecular formula is C51H44N4. The van der Waals surface area contributed by atoms with Crippen LogP contribution in [0.4, 0.5) is 5.69 Å². The van der Waals surface area contributed by atoms with Gasteiger partial charge in [-0.3, -0.25) is 4.99 Å². The third-order valence-corrected chi connectivity index (χ3v) is 9.93. The van der Waals surface area contributed by atoms with Gasteiger partial charge in [-0.2, -0.15) is 0 Å². The van der Waals surface area contributed by atoms with Gasteiger partial charge in [0.2, 0.25) is 0 Å². The highest BCUT2D eigenvalue weighted by Crippen LogP contribution is 2.37. The molecule has 0 saturated heterocycles. The van der Waals surface area contributed by atoms with Crippen LogP contribution in [0.1, 0.15) is 61.4 Å². The van der Waals surface area contributed by atoms with Crippen LogP contribution in [0, 0.1) is 12.3 Å². The quantitative estimate of drug-likeness (QED) is 0.192. The molecule has 0 fully saturated rings. The first-order valence-electron chi connectivity index (χ1n) is 18.9. The molecule has 0 spiro atoms. The van der Waals surface area contributed by atoms with E-state index in [-0.39, 0.29) is 0 Å². The summed E-state index contributed by atoms with van der Waals surface area (Å²) in [5.74, 6) is 3.32. The van der Waals surface area contributed by atoms with Crippen LogP contribution in [0.3, 0.4) is 0 Å². The van der Waals surface area contributed by atoms with Gasteiger partial charge in [-0.15, -0.1) is 12.2 Å². The van der Waals surface area contributed by atoms with Crippen molar-refractivity contribution < 1.29 is 0 Å². The van der Waals surface area contributed by atoms with E-state index >= 15 is 0 Å². The zero-order valence-corrected chi connectivity index (χ0v) is 31.5. The standard InChI is InChI=1S/C51H44N4/c1-5-9-19-42-36-55(49(18-7-3)44(42)8-4)43-27-15-23-39(32-33-43)47-35-48(45(28-10-6-2)37-20-12-11-13-21-37)54-51(53-47)41-25-14-22-38(30-31-41)46-29-16-24-40-26-17-34-52-50(40)46/h2,5,7-14,16,18-20,23-25,27-35H,4,17,21-22,26,36H2,1,3H3/b9-5-,18-7-,28-10-,42-19+,45-37+. The fourth-order valence-corrected chi connectivity index (χ4v) is 7.24. The van der Waals surface area contributed by atoms with Gasteiger partial charge in [-0.05, 0) is 98.3 Å². The van der Waals surface area contributed by atoms with E-state index in [2.05, 4.69) is 132 Å². The second kappa shape index (κ2) is 17.4. The number of nitrogens with zero attached hydrogens (tertiary/aromatic N) is 4. The maximum atomic E-state index is 5.75. The number of allylic oxidation sites excluding steroid dienone is 24. The van der Waals surface area contributed by atoms with Crippen molar-refractivity contribution in [2.24, 2.45) is 4.99 Å². The molecule has 3 heterocycles. The summed E-state index contributed by atoms with van der Waals surface area (Å²) in [7, 11) is 0. The van der Waals surface area contributed by atoms with Gasteiger partial charge in [-0.1, -0.05) is 116 Å². The van der Waals surface area contributed by atoms with Crippen molar-refractivity contribution in [3.05, 3.63) is 215 Å². The largest absolute Gasteiger partial charge is 0.336 e. The number of aliphatic imine (C=N–C) groups is 1. The molecule has 3 aliphatic carbocycles. The number of hydrogen-bond acceptors (Lipinski definition) is 4. The average molecular weight is 713 g/mol. The molecule has 4 heteroatoms. The third-order valence-electron chi connectivity index (χ3n) is 9.93. The Morgan fingerprint density at radius 3 is 2.71 bits per heavy atom. The molecule has 7 rings (SSSR count). The van der Waals surface area contributed by atoms with Crippen LogP contribution in [0.5, 0.6) is 0 Å². The molecule has 4 nitrogen and oxygen atoms in total. The molecule has 2 aliphatic heterocycles. The summed E-state index contributed by atoms with van der Waals surface area (Å²) in [4.78, 5) is 17.6. The highest BCUT2D eigenvalue weighted by Gasteiger charge is 2.25. The summed E-state index contributed by atoms with van der Waals surface area (Å²) >= 11 is 0. The van der Waals surface area contributed by atoms with Crippen LogP contribution in [0.15, 0.2) is 191 Å². The fraction of sp³-hybridized carbons (Fsp3) is 0.137. The van der Waals surface area contributed by atoms with Gasteiger partial charge in [-0.25, -0.2) is 9.97 Å².